The molecule has 1 aliphatic rings. The van der Waals surface area contributed by atoms with Gasteiger partial charge in [-0.25, -0.2) is 4.79 Å². The lowest BCUT2D eigenvalue weighted by molar-refractivity contribution is -0.0940. The molecule has 20 heavy (non-hydrogen) atoms. The van der Waals surface area contributed by atoms with Crippen LogP contribution in [0.15, 0.2) is 30.3 Å². The van der Waals surface area contributed by atoms with Crippen LogP contribution in [0.1, 0.15) is 44.0 Å². The fourth-order valence-corrected chi connectivity index (χ4v) is 3.00. The van der Waals surface area contributed by atoms with Gasteiger partial charge in [0.25, 0.3) is 0 Å². The molecule has 0 heterocycles. The highest BCUT2D eigenvalue weighted by atomic mass is 16.6. The largest absolute Gasteiger partial charge is 0.456 e. The van der Waals surface area contributed by atoms with Gasteiger partial charge in [0.05, 0.1) is 11.7 Å². The highest BCUT2D eigenvalue weighted by Crippen LogP contribution is 2.36. The van der Waals surface area contributed by atoms with Crippen LogP contribution in [0.4, 0.5) is 0 Å². The molecular formula is C17H24O3. The number of ether oxygens (including phenoxy) is 1. The van der Waals surface area contributed by atoms with E-state index in [0.717, 1.165) is 12.8 Å². The van der Waals surface area contributed by atoms with Crippen molar-refractivity contribution in [2.45, 2.75) is 45.8 Å². The van der Waals surface area contributed by atoms with Gasteiger partial charge in [0.2, 0.25) is 0 Å². The molecular weight excluding hydrogens is 252 g/mol. The van der Waals surface area contributed by atoms with Crippen LogP contribution in [-0.4, -0.2) is 23.3 Å². The summed E-state index contributed by atoms with van der Waals surface area (Å²) < 4.78 is 5.65. The van der Waals surface area contributed by atoms with Crippen molar-refractivity contribution >= 4 is 5.97 Å². The molecule has 4 atom stereocenters. The van der Waals surface area contributed by atoms with Gasteiger partial charge in [-0.3, -0.25) is 0 Å². The van der Waals surface area contributed by atoms with Crippen LogP contribution in [0.25, 0.3) is 0 Å². The molecule has 0 aromatic heterocycles. The molecule has 110 valence electrons. The van der Waals surface area contributed by atoms with E-state index in [1.54, 1.807) is 12.1 Å². The van der Waals surface area contributed by atoms with E-state index in [2.05, 4.69) is 13.8 Å². The summed E-state index contributed by atoms with van der Waals surface area (Å²) >= 11 is 0. The van der Waals surface area contributed by atoms with Crippen LogP contribution in [-0.2, 0) is 4.74 Å². The average Bonchev–Trinajstić information content (AvgIpc) is 2.44. The third-order valence-corrected chi connectivity index (χ3v) is 4.41. The van der Waals surface area contributed by atoms with Crippen molar-refractivity contribution in [1.82, 2.24) is 0 Å². The maximum absolute atomic E-state index is 12.2. The van der Waals surface area contributed by atoms with Crippen molar-refractivity contribution in [1.29, 1.82) is 0 Å². The van der Waals surface area contributed by atoms with E-state index in [4.69, 9.17) is 4.74 Å². The molecule has 1 N–H and O–H groups in total. The number of aliphatic hydroxyl groups excluding tert-OH is 1. The average molecular weight is 276 g/mol. The van der Waals surface area contributed by atoms with E-state index >= 15 is 0 Å². The SMILES string of the molecule is CC(C)[C@@H]1CC[C@@H](C)[C@@H](O)[C@H]1OC(=O)c1ccccc1. The Kier molecular flexibility index (Phi) is 4.81. The van der Waals surface area contributed by atoms with E-state index in [9.17, 15) is 9.90 Å². The number of rotatable bonds is 3. The van der Waals surface area contributed by atoms with Crippen molar-refractivity contribution in [2.75, 3.05) is 0 Å². The topological polar surface area (TPSA) is 46.5 Å². The molecule has 0 saturated heterocycles. The molecule has 0 bridgehead atoms. The van der Waals surface area contributed by atoms with Crippen molar-refractivity contribution in [3.63, 3.8) is 0 Å². The fourth-order valence-electron chi connectivity index (χ4n) is 3.00. The molecule has 3 heteroatoms. The van der Waals surface area contributed by atoms with E-state index in [0.29, 0.717) is 11.5 Å². The zero-order chi connectivity index (χ0) is 14.7. The van der Waals surface area contributed by atoms with Gasteiger partial charge in [-0.15, -0.1) is 0 Å². The monoisotopic (exact) mass is 276 g/mol. The first-order chi connectivity index (χ1) is 9.50. The second kappa shape index (κ2) is 6.40. The second-order valence-electron chi connectivity index (χ2n) is 6.19. The Balaban J connectivity index is 2.13. The smallest absolute Gasteiger partial charge is 0.338 e. The summed E-state index contributed by atoms with van der Waals surface area (Å²) in [5, 5.41) is 10.4. The van der Waals surface area contributed by atoms with Gasteiger partial charge in [0, 0.05) is 5.92 Å². The Morgan fingerprint density at radius 1 is 1.25 bits per heavy atom. The third-order valence-electron chi connectivity index (χ3n) is 4.41. The van der Waals surface area contributed by atoms with E-state index in [-0.39, 0.29) is 17.8 Å². The molecule has 1 aromatic carbocycles. The first kappa shape index (κ1) is 15.0. The molecule has 1 saturated carbocycles. The summed E-state index contributed by atoms with van der Waals surface area (Å²) in [6, 6.07) is 8.98. The molecule has 1 fully saturated rings. The first-order valence-corrected chi connectivity index (χ1v) is 7.44. The number of hydrogen-bond acceptors (Lipinski definition) is 3. The van der Waals surface area contributed by atoms with Gasteiger partial charge in [0.1, 0.15) is 6.10 Å². The summed E-state index contributed by atoms with van der Waals surface area (Å²) in [7, 11) is 0. The summed E-state index contributed by atoms with van der Waals surface area (Å²) in [5.41, 5.74) is 0.542. The van der Waals surface area contributed by atoms with E-state index in [1.807, 2.05) is 25.1 Å². The van der Waals surface area contributed by atoms with Gasteiger partial charge in [-0.05, 0) is 36.8 Å². The quantitative estimate of drug-likeness (QED) is 0.862. The van der Waals surface area contributed by atoms with Crippen LogP contribution >= 0.6 is 0 Å². The number of benzene rings is 1. The summed E-state index contributed by atoms with van der Waals surface area (Å²) in [5.74, 6) is 0.465. The van der Waals surface area contributed by atoms with Gasteiger partial charge in [-0.2, -0.15) is 0 Å². The fraction of sp³-hybridized carbons (Fsp3) is 0.588. The lowest BCUT2D eigenvalue weighted by Crippen LogP contribution is -2.47. The molecule has 1 aliphatic carbocycles. The summed E-state index contributed by atoms with van der Waals surface area (Å²) in [6.45, 7) is 6.26. The number of hydrogen-bond donors (Lipinski definition) is 1. The lowest BCUT2D eigenvalue weighted by Gasteiger charge is -2.40. The standard InChI is InChI=1S/C17H24O3/c1-11(2)14-10-9-12(3)15(18)16(14)20-17(19)13-7-5-4-6-8-13/h4-8,11-12,14-16,18H,9-10H2,1-3H3/t12-,14+,15-,16+/m1/s1. The molecule has 0 amide bonds. The number of carbonyl (C=O) groups excluding carboxylic acids is 1. The Labute approximate surface area is 121 Å². The third kappa shape index (κ3) is 3.21. The van der Waals surface area contributed by atoms with E-state index in [1.165, 1.54) is 0 Å². The first-order valence-electron chi connectivity index (χ1n) is 7.44. The van der Waals surface area contributed by atoms with Crippen molar-refractivity contribution in [3.05, 3.63) is 35.9 Å². The highest BCUT2D eigenvalue weighted by Gasteiger charge is 2.40. The number of esters is 1. The van der Waals surface area contributed by atoms with Crippen LogP contribution in [0.2, 0.25) is 0 Å². The molecule has 1 aromatic rings. The normalized spacial score (nSPS) is 30.2. The second-order valence-corrected chi connectivity index (χ2v) is 6.19. The molecule has 0 aliphatic heterocycles. The molecule has 0 unspecified atom stereocenters. The summed E-state index contributed by atoms with van der Waals surface area (Å²) in [6.07, 6.45) is 1.03. The van der Waals surface area contributed by atoms with Crippen LogP contribution in [0, 0.1) is 17.8 Å². The van der Waals surface area contributed by atoms with Gasteiger partial charge in [-0.1, -0.05) is 39.0 Å². The lowest BCUT2D eigenvalue weighted by atomic mass is 9.73. The van der Waals surface area contributed by atoms with Crippen molar-refractivity contribution in [2.24, 2.45) is 17.8 Å². The predicted octanol–water partition coefficient (Wildman–Crippen LogP) is 3.28. The van der Waals surface area contributed by atoms with Crippen molar-refractivity contribution in [3.8, 4) is 0 Å². The van der Waals surface area contributed by atoms with Gasteiger partial charge >= 0.3 is 5.97 Å². The Bertz CT molecular complexity index is 441. The zero-order valence-electron chi connectivity index (χ0n) is 12.5. The highest BCUT2D eigenvalue weighted by molar-refractivity contribution is 5.89. The molecule has 0 radical (unpaired) electrons. The van der Waals surface area contributed by atoms with Gasteiger partial charge < -0.3 is 9.84 Å². The minimum atomic E-state index is -0.566. The van der Waals surface area contributed by atoms with Crippen LogP contribution < -0.4 is 0 Å². The zero-order valence-corrected chi connectivity index (χ0v) is 12.5. The van der Waals surface area contributed by atoms with Crippen molar-refractivity contribution < 1.29 is 14.6 Å². The summed E-state index contributed by atoms with van der Waals surface area (Å²) in [4.78, 5) is 12.2. The number of carbonyl (C=O) groups is 1. The van der Waals surface area contributed by atoms with Gasteiger partial charge in [0.15, 0.2) is 0 Å². The van der Waals surface area contributed by atoms with Crippen LogP contribution in [0.3, 0.4) is 0 Å². The minimum absolute atomic E-state index is 0.179. The predicted molar refractivity (Wildman–Crippen MR) is 78.4 cm³/mol. The molecule has 0 spiro atoms. The molecule has 2 rings (SSSR count). The Morgan fingerprint density at radius 3 is 2.50 bits per heavy atom. The minimum Gasteiger partial charge on any atom is -0.456 e. The molecule has 3 nitrogen and oxygen atoms in total. The maximum atomic E-state index is 12.2. The Morgan fingerprint density at radius 2 is 1.90 bits per heavy atom. The van der Waals surface area contributed by atoms with Crippen LogP contribution in [0.5, 0.6) is 0 Å². The number of aliphatic hydroxyl groups is 1. The van der Waals surface area contributed by atoms with E-state index < -0.39 is 12.2 Å². The maximum Gasteiger partial charge on any atom is 0.338 e. The Hall–Kier alpha value is -1.35.